The first-order chi connectivity index (χ1) is 11.1. The highest BCUT2D eigenvalue weighted by atomic mass is 16.5. The van der Waals surface area contributed by atoms with Crippen molar-refractivity contribution in [3.05, 3.63) is 51.9 Å². The van der Waals surface area contributed by atoms with Gasteiger partial charge in [0.2, 0.25) is 0 Å². The van der Waals surface area contributed by atoms with Crippen LogP contribution in [0.5, 0.6) is 5.75 Å². The van der Waals surface area contributed by atoms with Gasteiger partial charge in [-0.2, -0.15) is 5.10 Å². The van der Waals surface area contributed by atoms with Crippen molar-refractivity contribution in [2.24, 2.45) is 0 Å². The number of methoxy groups -OCH3 is 1. The topological polar surface area (TPSA) is 67.6 Å². The van der Waals surface area contributed by atoms with Crippen LogP contribution < -0.4 is 15.2 Å². The van der Waals surface area contributed by atoms with Crippen LogP contribution in [0.2, 0.25) is 0 Å². The summed E-state index contributed by atoms with van der Waals surface area (Å²) in [5.74, 6) is 0.786. The second-order valence-corrected chi connectivity index (χ2v) is 5.78. The van der Waals surface area contributed by atoms with Gasteiger partial charge in [-0.15, -0.1) is 0 Å². The number of aromatic nitrogens is 2. The Morgan fingerprint density at radius 1 is 1.35 bits per heavy atom. The molecule has 2 aromatic rings. The molecular weight excluding hydrogens is 294 g/mol. The number of benzene rings is 1. The molecule has 0 radical (unpaired) electrons. The Morgan fingerprint density at radius 3 is 2.65 bits per heavy atom. The van der Waals surface area contributed by atoms with Gasteiger partial charge in [0.15, 0.2) is 0 Å². The van der Waals surface area contributed by atoms with E-state index >= 15 is 0 Å². The molecule has 1 aromatic heterocycles. The molecule has 1 N–H and O–H groups in total. The van der Waals surface area contributed by atoms with Crippen LogP contribution in [0.25, 0.3) is 0 Å². The molecular formula is C17H21N3O3. The van der Waals surface area contributed by atoms with Crippen LogP contribution >= 0.6 is 0 Å². The fourth-order valence-electron chi connectivity index (χ4n) is 2.83. The summed E-state index contributed by atoms with van der Waals surface area (Å²) >= 11 is 0. The van der Waals surface area contributed by atoms with Crippen LogP contribution in [-0.4, -0.2) is 41.2 Å². The monoisotopic (exact) mass is 315 g/mol. The van der Waals surface area contributed by atoms with Crippen LogP contribution in [0, 0.1) is 6.92 Å². The van der Waals surface area contributed by atoms with E-state index in [4.69, 9.17) is 4.74 Å². The quantitative estimate of drug-likeness (QED) is 0.897. The molecule has 1 aliphatic heterocycles. The van der Waals surface area contributed by atoms with Gasteiger partial charge in [-0.25, -0.2) is 4.68 Å². The second kappa shape index (κ2) is 6.42. The third kappa shape index (κ3) is 2.94. The van der Waals surface area contributed by atoms with Crippen molar-refractivity contribution in [2.75, 3.05) is 25.2 Å². The Hall–Kier alpha value is -2.34. The first kappa shape index (κ1) is 15.6. The minimum atomic E-state index is -0.0955. The fraction of sp³-hybridized carbons (Fsp3) is 0.412. The van der Waals surface area contributed by atoms with E-state index in [2.05, 4.69) is 5.10 Å². The van der Waals surface area contributed by atoms with Gasteiger partial charge < -0.3 is 14.7 Å². The van der Waals surface area contributed by atoms with Gasteiger partial charge in [-0.3, -0.25) is 4.79 Å². The van der Waals surface area contributed by atoms with E-state index in [9.17, 15) is 9.90 Å². The van der Waals surface area contributed by atoms with Crippen molar-refractivity contribution in [1.82, 2.24) is 9.78 Å². The lowest BCUT2D eigenvalue weighted by atomic mass is 10.0. The minimum absolute atomic E-state index is 0.0955. The first-order valence-electron chi connectivity index (χ1n) is 7.71. The number of ether oxygens (including phenoxy) is 1. The molecule has 1 fully saturated rings. The zero-order chi connectivity index (χ0) is 16.4. The smallest absolute Gasteiger partial charge is 0.272 e. The highest BCUT2D eigenvalue weighted by Crippen LogP contribution is 2.26. The number of aliphatic hydroxyl groups excluding tert-OH is 1. The molecule has 1 aliphatic rings. The maximum atomic E-state index is 12.5. The van der Waals surface area contributed by atoms with Crippen molar-refractivity contribution in [2.45, 2.75) is 25.9 Å². The van der Waals surface area contributed by atoms with Gasteiger partial charge in [-0.05, 0) is 31.0 Å². The average Bonchev–Trinajstić information content (AvgIpc) is 2.54. The van der Waals surface area contributed by atoms with Crippen molar-refractivity contribution in [1.29, 1.82) is 0 Å². The highest BCUT2D eigenvalue weighted by Gasteiger charge is 2.29. The molecule has 0 spiro atoms. The number of rotatable bonds is 5. The van der Waals surface area contributed by atoms with Crippen molar-refractivity contribution < 1.29 is 9.84 Å². The second-order valence-electron chi connectivity index (χ2n) is 5.78. The van der Waals surface area contributed by atoms with Crippen molar-refractivity contribution in [3.8, 4) is 5.75 Å². The zero-order valence-electron chi connectivity index (χ0n) is 13.4. The zero-order valence-corrected chi connectivity index (χ0v) is 13.4. The summed E-state index contributed by atoms with van der Waals surface area (Å²) in [6, 6.07) is 7.69. The SMILES string of the molecule is COc1ccc(Cn2ncc(N3CC[C@H]3CO)c(C)c2=O)cc1. The molecule has 0 amide bonds. The number of nitrogens with zero attached hydrogens (tertiary/aromatic N) is 3. The van der Waals surface area contributed by atoms with Gasteiger partial charge in [0.1, 0.15) is 5.75 Å². The van der Waals surface area contributed by atoms with E-state index in [1.807, 2.05) is 36.1 Å². The molecule has 23 heavy (non-hydrogen) atoms. The molecule has 3 rings (SSSR count). The molecule has 0 saturated carbocycles. The van der Waals surface area contributed by atoms with Gasteiger partial charge in [0, 0.05) is 12.1 Å². The van der Waals surface area contributed by atoms with E-state index in [-0.39, 0.29) is 18.2 Å². The van der Waals surface area contributed by atoms with Crippen LogP contribution in [-0.2, 0) is 6.54 Å². The van der Waals surface area contributed by atoms with Gasteiger partial charge >= 0.3 is 0 Å². The predicted octanol–water partition coefficient (Wildman–Crippen LogP) is 1.18. The Labute approximate surface area is 134 Å². The lowest BCUT2D eigenvalue weighted by molar-refractivity contribution is 0.226. The molecule has 6 nitrogen and oxygen atoms in total. The van der Waals surface area contributed by atoms with Crippen LogP contribution in [0.4, 0.5) is 5.69 Å². The first-order valence-corrected chi connectivity index (χ1v) is 7.71. The molecule has 6 heteroatoms. The van der Waals surface area contributed by atoms with Gasteiger partial charge in [0.25, 0.3) is 5.56 Å². The largest absolute Gasteiger partial charge is 0.497 e. The maximum Gasteiger partial charge on any atom is 0.272 e. The molecule has 0 aliphatic carbocycles. The molecule has 0 bridgehead atoms. The Kier molecular flexibility index (Phi) is 4.34. The number of aliphatic hydroxyl groups is 1. The number of anilines is 1. The number of hydrogen-bond acceptors (Lipinski definition) is 5. The lowest BCUT2D eigenvalue weighted by Crippen LogP contribution is -2.51. The minimum Gasteiger partial charge on any atom is -0.497 e. The molecule has 1 saturated heterocycles. The van der Waals surface area contributed by atoms with E-state index in [0.29, 0.717) is 12.1 Å². The van der Waals surface area contributed by atoms with E-state index < -0.39 is 0 Å². The fourth-order valence-corrected chi connectivity index (χ4v) is 2.83. The summed E-state index contributed by atoms with van der Waals surface area (Å²) in [5.41, 5.74) is 2.39. The summed E-state index contributed by atoms with van der Waals surface area (Å²) in [4.78, 5) is 14.6. The molecule has 1 aromatic carbocycles. The Balaban J connectivity index is 1.83. The lowest BCUT2D eigenvalue weighted by Gasteiger charge is -2.42. The average molecular weight is 315 g/mol. The normalized spacial score (nSPS) is 17.0. The number of hydrogen-bond donors (Lipinski definition) is 1. The van der Waals surface area contributed by atoms with Crippen LogP contribution in [0.3, 0.4) is 0 Å². The molecule has 2 heterocycles. The maximum absolute atomic E-state index is 12.5. The van der Waals surface area contributed by atoms with Gasteiger partial charge in [0.05, 0.1) is 38.2 Å². The van der Waals surface area contributed by atoms with E-state index in [1.54, 1.807) is 13.3 Å². The summed E-state index contributed by atoms with van der Waals surface area (Å²) in [5, 5.41) is 13.6. The summed E-state index contributed by atoms with van der Waals surface area (Å²) < 4.78 is 6.60. The standard InChI is InChI=1S/C17H21N3O3/c1-12-16(19-8-7-14(19)11-21)9-18-20(17(12)22)10-13-3-5-15(23-2)6-4-13/h3-6,9,14,21H,7-8,10-11H2,1-2H3/t14-/m0/s1. The Bertz CT molecular complexity index is 738. The molecule has 122 valence electrons. The third-order valence-corrected chi connectivity index (χ3v) is 4.41. The van der Waals surface area contributed by atoms with E-state index in [0.717, 1.165) is 30.0 Å². The molecule has 0 unspecified atom stereocenters. The predicted molar refractivity (Wildman–Crippen MR) is 88.2 cm³/mol. The van der Waals surface area contributed by atoms with Gasteiger partial charge in [-0.1, -0.05) is 12.1 Å². The summed E-state index contributed by atoms with van der Waals surface area (Å²) in [6.07, 6.45) is 2.67. The van der Waals surface area contributed by atoms with Crippen molar-refractivity contribution >= 4 is 5.69 Å². The summed E-state index contributed by atoms with van der Waals surface area (Å²) in [6.45, 7) is 3.20. The third-order valence-electron chi connectivity index (χ3n) is 4.41. The Morgan fingerprint density at radius 2 is 2.09 bits per heavy atom. The summed E-state index contributed by atoms with van der Waals surface area (Å²) in [7, 11) is 1.62. The van der Waals surface area contributed by atoms with Crippen molar-refractivity contribution in [3.63, 3.8) is 0 Å². The van der Waals surface area contributed by atoms with E-state index in [1.165, 1.54) is 4.68 Å². The van der Waals surface area contributed by atoms with Crippen LogP contribution in [0.1, 0.15) is 17.5 Å². The molecule has 1 atom stereocenters. The highest BCUT2D eigenvalue weighted by molar-refractivity contribution is 5.53. The van der Waals surface area contributed by atoms with Crippen LogP contribution in [0.15, 0.2) is 35.3 Å².